The van der Waals surface area contributed by atoms with Crippen molar-refractivity contribution in [3.05, 3.63) is 22.8 Å². The Morgan fingerprint density at radius 3 is 3.00 bits per heavy atom. The Morgan fingerprint density at radius 1 is 1.24 bits per heavy atom. The Morgan fingerprint density at radius 2 is 2.14 bits per heavy atom. The van der Waals surface area contributed by atoms with E-state index in [1.807, 2.05) is 5.57 Å². The highest BCUT2D eigenvalue weighted by molar-refractivity contribution is 5.42. The predicted octanol–water partition coefficient (Wildman–Crippen LogP) is 5.54. The summed E-state index contributed by atoms with van der Waals surface area (Å²) in [7, 11) is 0. The molecule has 4 rings (SSSR count). The van der Waals surface area contributed by atoms with Gasteiger partial charge in [-0.1, -0.05) is 18.6 Å². The lowest BCUT2D eigenvalue weighted by molar-refractivity contribution is 0.0769. The maximum Gasteiger partial charge on any atom is 0.0624 e. The maximum absolute atomic E-state index is 9.15. The number of nitrogens with zero attached hydrogens (tertiary/aromatic N) is 1. The summed E-state index contributed by atoms with van der Waals surface area (Å²) in [4.78, 5) is 0. The lowest BCUT2D eigenvalue weighted by Gasteiger charge is -2.49. The van der Waals surface area contributed by atoms with Crippen LogP contribution >= 0.6 is 0 Å². The van der Waals surface area contributed by atoms with Crippen molar-refractivity contribution < 1.29 is 0 Å². The van der Waals surface area contributed by atoms with E-state index in [4.69, 9.17) is 5.26 Å². The maximum atomic E-state index is 9.15. The van der Waals surface area contributed by atoms with Gasteiger partial charge in [-0.25, -0.2) is 0 Å². The molecule has 0 aromatic heterocycles. The van der Waals surface area contributed by atoms with Crippen LogP contribution in [0.4, 0.5) is 0 Å². The van der Waals surface area contributed by atoms with Crippen LogP contribution in [0.25, 0.3) is 0 Å². The van der Waals surface area contributed by atoms with Crippen LogP contribution in [0.1, 0.15) is 71.1 Å². The minimum absolute atomic E-state index is 0.459. The second-order valence-electron chi connectivity index (χ2n) is 8.02. The van der Waals surface area contributed by atoms with Crippen molar-refractivity contribution in [3.8, 4) is 6.07 Å². The van der Waals surface area contributed by atoms with Crippen LogP contribution in [-0.2, 0) is 0 Å². The summed E-state index contributed by atoms with van der Waals surface area (Å²) in [5.41, 5.74) is 5.80. The highest BCUT2D eigenvalue weighted by atomic mass is 14.6. The van der Waals surface area contributed by atoms with E-state index < -0.39 is 0 Å². The van der Waals surface area contributed by atoms with Gasteiger partial charge in [-0.05, 0) is 92.1 Å². The van der Waals surface area contributed by atoms with Crippen LogP contribution in [0.15, 0.2) is 22.8 Å². The number of hydrogen-bond acceptors (Lipinski definition) is 1. The van der Waals surface area contributed by atoms with Gasteiger partial charge >= 0.3 is 0 Å². The van der Waals surface area contributed by atoms with Crippen molar-refractivity contribution in [1.82, 2.24) is 0 Å². The first-order valence-corrected chi connectivity index (χ1v) is 9.02. The number of allylic oxidation sites excluding steroid dienone is 4. The molecule has 0 amide bonds. The van der Waals surface area contributed by atoms with E-state index in [1.54, 1.807) is 11.1 Å². The van der Waals surface area contributed by atoms with Crippen LogP contribution in [-0.4, -0.2) is 0 Å². The Labute approximate surface area is 129 Å². The van der Waals surface area contributed by atoms with Crippen LogP contribution in [0.5, 0.6) is 0 Å². The first-order chi connectivity index (χ1) is 10.2. The molecule has 2 fully saturated rings. The third-order valence-corrected chi connectivity index (χ3v) is 7.33. The normalized spacial score (nSPS) is 41.7. The quantitative estimate of drug-likeness (QED) is 0.618. The highest BCUT2D eigenvalue weighted by Crippen LogP contribution is 2.62. The zero-order valence-corrected chi connectivity index (χ0v) is 13.3. The monoisotopic (exact) mass is 281 g/mol. The van der Waals surface area contributed by atoms with E-state index in [2.05, 4.69) is 19.1 Å². The average Bonchev–Trinajstić information content (AvgIpc) is 2.84. The molecule has 0 aliphatic heterocycles. The fourth-order valence-corrected chi connectivity index (χ4v) is 6.19. The van der Waals surface area contributed by atoms with Crippen LogP contribution in [0, 0.1) is 34.5 Å². The number of hydrogen-bond donors (Lipinski definition) is 0. The van der Waals surface area contributed by atoms with Gasteiger partial charge in [-0.3, -0.25) is 0 Å². The molecule has 0 heterocycles. The SMILES string of the molecule is C[C@]12CCC3=C4CCCC=C4CC[C@H]3[C@@H]1CC[C@H]2CC#N. The molecule has 1 nitrogen and oxygen atoms in total. The lowest BCUT2D eigenvalue weighted by Crippen LogP contribution is -2.39. The van der Waals surface area contributed by atoms with Crippen molar-refractivity contribution in [2.24, 2.45) is 23.2 Å². The van der Waals surface area contributed by atoms with Crippen LogP contribution in [0.3, 0.4) is 0 Å². The highest BCUT2D eigenvalue weighted by Gasteiger charge is 2.53. The van der Waals surface area contributed by atoms with E-state index in [0.29, 0.717) is 11.3 Å². The summed E-state index contributed by atoms with van der Waals surface area (Å²) in [6, 6.07) is 2.46. The van der Waals surface area contributed by atoms with Crippen molar-refractivity contribution in [2.75, 3.05) is 0 Å². The first kappa shape index (κ1) is 13.6. The van der Waals surface area contributed by atoms with Crippen molar-refractivity contribution in [3.63, 3.8) is 0 Å². The molecular formula is C20H27N. The predicted molar refractivity (Wildman–Crippen MR) is 85.5 cm³/mol. The molecule has 2 saturated carbocycles. The van der Waals surface area contributed by atoms with Gasteiger partial charge in [0.15, 0.2) is 0 Å². The second-order valence-corrected chi connectivity index (χ2v) is 8.02. The molecular weight excluding hydrogens is 254 g/mol. The molecule has 4 aliphatic rings. The fraction of sp³-hybridized carbons (Fsp3) is 0.750. The number of nitriles is 1. The van der Waals surface area contributed by atoms with Gasteiger partial charge in [-0.2, -0.15) is 5.26 Å². The summed E-state index contributed by atoms with van der Waals surface area (Å²) >= 11 is 0. The molecule has 0 saturated heterocycles. The van der Waals surface area contributed by atoms with Gasteiger partial charge < -0.3 is 0 Å². The average molecular weight is 281 g/mol. The van der Waals surface area contributed by atoms with Crippen molar-refractivity contribution in [1.29, 1.82) is 5.26 Å². The van der Waals surface area contributed by atoms with Gasteiger partial charge in [0.2, 0.25) is 0 Å². The minimum atomic E-state index is 0.459. The molecule has 0 spiro atoms. The molecule has 0 aromatic carbocycles. The van der Waals surface area contributed by atoms with Crippen molar-refractivity contribution >= 4 is 0 Å². The minimum Gasteiger partial charge on any atom is -0.198 e. The van der Waals surface area contributed by atoms with Gasteiger partial charge in [-0.15, -0.1) is 0 Å². The van der Waals surface area contributed by atoms with Crippen LogP contribution < -0.4 is 0 Å². The van der Waals surface area contributed by atoms with E-state index in [-0.39, 0.29) is 0 Å². The van der Waals surface area contributed by atoms with Gasteiger partial charge in [0.1, 0.15) is 0 Å². The molecule has 112 valence electrons. The van der Waals surface area contributed by atoms with Gasteiger partial charge in [0.25, 0.3) is 0 Å². The number of fused-ring (bicyclic) bond motifs is 4. The summed E-state index contributed by atoms with van der Waals surface area (Å²) < 4.78 is 0. The standard InChI is InChI=1S/C20H27N/c1-20-12-10-17-16-5-3-2-4-14(16)6-8-18(17)19(20)9-7-15(20)11-13-21/h4,15,18-19H,2-3,5-12H2,1H3/t15-,18+,19-,20+/m0/s1. The lowest BCUT2D eigenvalue weighted by atomic mass is 9.56. The van der Waals surface area contributed by atoms with Gasteiger partial charge in [0, 0.05) is 6.42 Å². The third kappa shape index (κ3) is 1.95. The molecule has 0 radical (unpaired) electrons. The summed E-state index contributed by atoms with van der Waals surface area (Å²) in [6.45, 7) is 2.51. The molecule has 0 bridgehead atoms. The molecule has 0 aromatic rings. The zero-order chi connectivity index (χ0) is 14.4. The van der Waals surface area contributed by atoms with E-state index >= 15 is 0 Å². The van der Waals surface area contributed by atoms with E-state index in [1.165, 1.54) is 57.8 Å². The topological polar surface area (TPSA) is 23.8 Å². The van der Waals surface area contributed by atoms with Crippen LogP contribution in [0.2, 0.25) is 0 Å². The van der Waals surface area contributed by atoms with E-state index in [0.717, 1.165) is 18.3 Å². The Balaban J connectivity index is 1.68. The molecule has 4 aliphatic carbocycles. The second kappa shape index (κ2) is 5.01. The first-order valence-electron chi connectivity index (χ1n) is 9.02. The molecule has 21 heavy (non-hydrogen) atoms. The molecule has 0 N–H and O–H groups in total. The fourth-order valence-electron chi connectivity index (χ4n) is 6.19. The smallest absolute Gasteiger partial charge is 0.0624 e. The summed E-state index contributed by atoms with van der Waals surface area (Å²) in [6.07, 6.45) is 15.4. The third-order valence-electron chi connectivity index (χ3n) is 7.33. The molecule has 1 heteroatoms. The zero-order valence-electron chi connectivity index (χ0n) is 13.3. The van der Waals surface area contributed by atoms with E-state index in [9.17, 15) is 0 Å². The van der Waals surface area contributed by atoms with Crippen molar-refractivity contribution in [2.45, 2.75) is 71.1 Å². The summed E-state index contributed by atoms with van der Waals surface area (Å²) in [5.74, 6) is 2.40. The Hall–Kier alpha value is -1.03. The summed E-state index contributed by atoms with van der Waals surface area (Å²) in [5, 5.41) is 9.15. The number of rotatable bonds is 1. The molecule has 0 unspecified atom stereocenters. The Bertz CT molecular complexity index is 547. The molecule has 4 atom stereocenters. The largest absolute Gasteiger partial charge is 0.198 e. The van der Waals surface area contributed by atoms with Gasteiger partial charge in [0.05, 0.1) is 6.07 Å². The Kier molecular flexibility index (Phi) is 3.25.